The molecule has 86 valence electrons. The smallest absolute Gasteiger partial charge is 0.0631 e. The molecule has 1 nitrogen and oxygen atoms in total. The molecular weight excluding hydrogens is 262 g/mol. The van der Waals surface area contributed by atoms with E-state index >= 15 is 0 Å². The van der Waals surface area contributed by atoms with Gasteiger partial charge in [-0.05, 0) is 74.3 Å². The number of benzene rings is 1. The topological polar surface area (TPSA) is 4.93 Å². The van der Waals surface area contributed by atoms with Crippen LogP contribution in [0.4, 0.5) is 0 Å². The summed E-state index contributed by atoms with van der Waals surface area (Å²) in [6.45, 7) is 11.0. The molecule has 0 radical (unpaired) electrons. The molecule has 0 bridgehead atoms. The first-order chi connectivity index (χ1) is 7.30. The molecule has 0 amide bonds. The number of halogens is 1. The average Bonchev–Trinajstić information content (AvgIpc) is 2.39. The van der Waals surface area contributed by atoms with Crippen molar-refractivity contribution in [3.63, 3.8) is 0 Å². The van der Waals surface area contributed by atoms with Crippen LogP contribution in [0.15, 0.2) is 22.7 Å². The van der Waals surface area contributed by atoms with Crippen LogP contribution in [-0.2, 0) is 5.54 Å². The maximum atomic E-state index is 3.68. The van der Waals surface area contributed by atoms with Crippen LogP contribution in [0.5, 0.6) is 0 Å². The molecule has 0 aliphatic heterocycles. The highest BCUT2D eigenvalue weighted by atomic mass is 79.9. The van der Waals surface area contributed by atoms with Crippen LogP contribution >= 0.6 is 15.9 Å². The van der Waals surface area contributed by atoms with Crippen LogP contribution in [0, 0.1) is 13.8 Å². The van der Waals surface area contributed by atoms with Gasteiger partial charge in [-0.2, -0.15) is 0 Å². The monoisotopic (exact) mass is 279 g/mol. The Labute approximate surface area is 106 Å². The molecule has 2 aromatic rings. The van der Waals surface area contributed by atoms with Gasteiger partial charge in [-0.15, -0.1) is 0 Å². The number of rotatable bonds is 0. The number of aromatic nitrogens is 1. The van der Waals surface area contributed by atoms with Gasteiger partial charge in [0.15, 0.2) is 0 Å². The van der Waals surface area contributed by atoms with Gasteiger partial charge in [0.25, 0.3) is 0 Å². The van der Waals surface area contributed by atoms with Gasteiger partial charge in [0.05, 0.1) is 5.52 Å². The van der Waals surface area contributed by atoms with Gasteiger partial charge in [-0.25, -0.2) is 0 Å². The van der Waals surface area contributed by atoms with E-state index in [1.54, 1.807) is 0 Å². The first-order valence-electron chi connectivity index (χ1n) is 5.59. The molecule has 0 N–H and O–H groups in total. The highest BCUT2D eigenvalue weighted by Crippen LogP contribution is 2.33. The Morgan fingerprint density at radius 2 is 1.69 bits per heavy atom. The standard InChI is InChI=1S/C14H18BrN/c1-9-6-11-8-10(2)16(14(3,4)5)13(11)12(15)7-9/h6-8H,1-5H3. The van der Waals surface area contributed by atoms with E-state index in [4.69, 9.17) is 0 Å². The molecule has 2 rings (SSSR count). The lowest BCUT2D eigenvalue weighted by atomic mass is 10.1. The first kappa shape index (κ1) is 11.7. The third kappa shape index (κ3) is 1.80. The molecule has 0 aliphatic rings. The lowest BCUT2D eigenvalue weighted by Gasteiger charge is -2.25. The Morgan fingerprint density at radius 1 is 1.06 bits per heavy atom. The molecular formula is C14H18BrN. The molecule has 0 unspecified atom stereocenters. The number of fused-ring (bicyclic) bond motifs is 1. The van der Waals surface area contributed by atoms with Crippen LogP contribution in [-0.4, -0.2) is 4.57 Å². The number of hydrogen-bond acceptors (Lipinski definition) is 0. The minimum atomic E-state index is 0.115. The Bertz CT molecular complexity index is 544. The zero-order valence-electron chi connectivity index (χ0n) is 10.6. The SMILES string of the molecule is Cc1cc(Br)c2c(c1)cc(C)n2C(C)(C)C. The molecule has 0 aliphatic carbocycles. The van der Waals surface area contributed by atoms with E-state index in [0.717, 1.165) is 0 Å². The minimum Gasteiger partial charge on any atom is -0.339 e. The van der Waals surface area contributed by atoms with Crippen LogP contribution < -0.4 is 0 Å². The fourth-order valence-electron chi connectivity index (χ4n) is 2.44. The Kier molecular flexibility index (Phi) is 2.66. The minimum absolute atomic E-state index is 0.115. The Balaban J connectivity index is 2.90. The van der Waals surface area contributed by atoms with E-state index in [9.17, 15) is 0 Å². The summed E-state index contributed by atoms with van der Waals surface area (Å²) in [5.74, 6) is 0. The van der Waals surface area contributed by atoms with Gasteiger partial charge in [0, 0.05) is 21.1 Å². The highest BCUT2D eigenvalue weighted by Gasteiger charge is 2.19. The van der Waals surface area contributed by atoms with Crippen LogP contribution in [0.25, 0.3) is 10.9 Å². The van der Waals surface area contributed by atoms with Crippen molar-refractivity contribution in [1.82, 2.24) is 4.57 Å². The number of aryl methyl sites for hydroxylation is 2. The first-order valence-corrected chi connectivity index (χ1v) is 6.38. The lowest BCUT2D eigenvalue weighted by molar-refractivity contribution is 0.403. The molecule has 0 saturated heterocycles. The molecule has 0 atom stereocenters. The Morgan fingerprint density at radius 3 is 2.25 bits per heavy atom. The van der Waals surface area contributed by atoms with Crippen LogP contribution in [0.2, 0.25) is 0 Å². The molecule has 1 aromatic carbocycles. The van der Waals surface area contributed by atoms with Gasteiger partial charge in [0.1, 0.15) is 0 Å². The molecule has 0 spiro atoms. The lowest BCUT2D eigenvalue weighted by Crippen LogP contribution is -2.22. The zero-order valence-corrected chi connectivity index (χ0v) is 12.1. The van der Waals surface area contributed by atoms with Crippen molar-refractivity contribution in [2.45, 2.75) is 40.2 Å². The summed E-state index contributed by atoms with van der Waals surface area (Å²) in [5.41, 5.74) is 4.03. The second kappa shape index (κ2) is 3.63. The summed E-state index contributed by atoms with van der Waals surface area (Å²) >= 11 is 3.68. The van der Waals surface area contributed by atoms with E-state index < -0.39 is 0 Å². The van der Waals surface area contributed by atoms with Crippen molar-refractivity contribution < 1.29 is 0 Å². The summed E-state index contributed by atoms with van der Waals surface area (Å²) in [5, 5.41) is 1.32. The quantitative estimate of drug-likeness (QED) is 0.654. The number of nitrogens with zero attached hydrogens (tertiary/aromatic N) is 1. The van der Waals surface area contributed by atoms with E-state index in [1.807, 2.05) is 0 Å². The van der Waals surface area contributed by atoms with E-state index in [1.165, 1.54) is 26.6 Å². The second-order valence-corrected chi connectivity index (χ2v) is 6.33. The number of hydrogen-bond donors (Lipinski definition) is 0. The second-order valence-electron chi connectivity index (χ2n) is 5.48. The largest absolute Gasteiger partial charge is 0.339 e. The normalized spacial score (nSPS) is 12.4. The molecule has 0 fully saturated rings. The maximum absolute atomic E-state index is 3.68. The fourth-order valence-corrected chi connectivity index (χ4v) is 3.21. The summed E-state index contributed by atoms with van der Waals surface area (Å²) in [4.78, 5) is 0. The predicted molar refractivity (Wildman–Crippen MR) is 74.1 cm³/mol. The van der Waals surface area contributed by atoms with Gasteiger partial charge in [-0.1, -0.05) is 0 Å². The van der Waals surface area contributed by atoms with Crippen molar-refractivity contribution in [2.75, 3.05) is 0 Å². The van der Waals surface area contributed by atoms with Crippen molar-refractivity contribution >= 4 is 26.8 Å². The highest BCUT2D eigenvalue weighted by molar-refractivity contribution is 9.10. The predicted octanol–water partition coefficient (Wildman–Crippen LogP) is 4.78. The van der Waals surface area contributed by atoms with E-state index in [0.29, 0.717) is 0 Å². The van der Waals surface area contributed by atoms with Gasteiger partial charge in [-0.3, -0.25) is 0 Å². The summed E-state index contributed by atoms with van der Waals surface area (Å²) in [7, 11) is 0. The molecule has 1 aromatic heterocycles. The third-order valence-corrected chi connectivity index (χ3v) is 3.45. The fraction of sp³-hybridized carbons (Fsp3) is 0.429. The third-order valence-electron chi connectivity index (χ3n) is 2.85. The maximum Gasteiger partial charge on any atom is 0.0631 e. The van der Waals surface area contributed by atoms with Crippen LogP contribution in [0.3, 0.4) is 0 Å². The molecule has 1 heterocycles. The van der Waals surface area contributed by atoms with Crippen LogP contribution in [0.1, 0.15) is 32.0 Å². The molecule has 16 heavy (non-hydrogen) atoms. The van der Waals surface area contributed by atoms with Crippen molar-refractivity contribution in [2.24, 2.45) is 0 Å². The van der Waals surface area contributed by atoms with Crippen molar-refractivity contribution in [3.8, 4) is 0 Å². The summed E-state index contributed by atoms with van der Waals surface area (Å²) in [6, 6.07) is 6.69. The summed E-state index contributed by atoms with van der Waals surface area (Å²) in [6.07, 6.45) is 0. The van der Waals surface area contributed by atoms with Gasteiger partial charge >= 0.3 is 0 Å². The van der Waals surface area contributed by atoms with Crippen molar-refractivity contribution in [1.29, 1.82) is 0 Å². The zero-order chi connectivity index (χ0) is 12.1. The van der Waals surface area contributed by atoms with Crippen molar-refractivity contribution in [3.05, 3.63) is 33.9 Å². The molecule has 0 saturated carbocycles. The van der Waals surface area contributed by atoms with E-state index in [2.05, 4.69) is 73.3 Å². The summed E-state index contributed by atoms with van der Waals surface area (Å²) < 4.78 is 3.58. The Hall–Kier alpha value is -0.760. The van der Waals surface area contributed by atoms with Gasteiger partial charge < -0.3 is 4.57 Å². The van der Waals surface area contributed by atoms with E-state index in [-0.39, 0.29) is 5.54 Å². The average molecular weight is 280 g/mol. The van der Waals surface area contributed by atoms with Gasteiger partial charge in [0.2, 0.25) is 0 Å². The molecule has 2 heteroatoms.